The number of thiazole rings is 1. The van der Waals surface area contributed by atoms with Crippen LogP contribution in [0.25, 0.3) is 20.6 Å². The van der Waals surface area contributed by atoms with Crippen molar-refractivity contribution in [2.24, 2.45) is 0 Å². The van der Waals surface area contributed by atoms with Crippen LogP contribution in [0.5, 0.6) is 5.75 Å². The molecule has 0 amide bonds. The lowest BCUT2D eigenvalue weighted by Crippen LogP contribution is -2.06. The third kappa shape index (κ3) is 6.58. The highest BCUT2D eigenvalue weighted by atomic mass is 32.1. The topological polar surface area (TPSA) is 109 Å². The quantitative estimate of drug-likeness (QED) is 0.212. The zero-order valence-corrected chi connectivity index (χ0v) is 22.5. The predicted octanol–water partition coefficient (Wildman–Crippen LogP) is 6.10. The molecule has 0 radical (unpaired) electrons. The average Bonchev–Trinajstić information content (AvgIpc) is 3.62. The molecule has 4 aromatic heterocycles. The van der Waals surface area contributed by atoms with Gasteiger partial charge in [0.1, 0.15) is 34.7 Å². The first kappa shape index (κ1) is 25.5. The SMILES string of the molecule is Cc1ccc(CCNc2ncnc3ncsc23)cc1.Oc1ccc(CCNc2ncnc3ccsc23)cc1. The highest BCUT2D eigenvalue weighted by Gasteiger charge is 2.06. The van der Waals surface area contributed by atoms with E-state index in [9.17, 15) is 5.11 Å². The maximum Gasteiger partial charge on any atom is 0.175 e. The third-order valence-corrected chi connectivity index (χ3v) is 7.58. The van der Waals surface area contributed by atoms with Crippen molar-refractivity contribution < 1.29 is 5.11 Å². The number of phenols is 1. The van der Waals surface area contributed by atoms with E-state index in [-0.39, 0.29) is 0 Å². The molecule has 38 heavy (non-hydrogen) atoms. The van der Waals surface area contributed by atoms with Gasteiger partial charge in [0.05, 0.1) is 15.7 Å². The Kier molecular flexibility index (Phi) is 8.32. The first-order valence-corrected chi connectivity index (χ1v) is 14.0. The largest absolute Gasteiger partial charge is 0.508 e. The summed E-state index contributed by atoms with van der Waals surface area (Å²) in [5.74, 6) is 2.06. The minimum atomic E-state index is 0.299. The number of benzene rings is 2. The van der Waals surface area contributed by atoms with E-state index in [1.54, 1.807) is 53.0 Å². The minimum absolute atomic E-state index is 0.299. The van der Waals surface area contributed by atoms with Gasteiger partial charge in [0.2, 0.25) is 0 Å². The molecule has 4 heterocycles. The molecule has 0 aliphatic carbocycles. The summed E-state index contributed by atoms with van der Waals surface area (Å²) in [4.78, 5) is 21.1. The number of phenolic OH excluding ortho intramolecular Hbond substituents is 1. The Morgan fingerprint density at radius 2 is 1.32 bits per heavy atom. The van der Waals surface area contributed by atoms with Gasteiger partial charge in [-0.25, -0.2) is 24.9 Å². The van der Waals surface area contributed by atoms with Crippen LogP contribution in [0.15, 0.2) is 78.1 Å². The van der Waals surface area contributed by atoms with Crippen LogP contribution in [0, 0.1) is 6.92 Å². The molecule has 10 heteroatoms. The van der Waals surface area contributed by atoms with Gasteiger partial charge < -0.3 is 15.7 Å². The monoisotopic (exact) mass is 541 g/mol. The van der Waals surface area contributed by atoms with E-state index < -0.39 is 0 Å². The second-order valence-electron chi connectivity index (χ2n) is 8.59. The van der Waals surface area contributed by atoms with Crippen molar-refractivity contribution in [1.82, 2.24) is 24.9 Å². The number of thiophene rings is 1. The zero-order chi connectivity index (χ0) is 26.2. The summed E-state index contributed by atoms with van der Waals surface area (Å²) in [5, 5.41) is 17.9. The van der Waals surface area contributed by atoms with Crippen molar-refractivity contribution in [3.63, 3.8) is 0 Å². The second-order valence-corrected chi connectivity index (χ2v) is 10.4. The lowest BCUT2D eigenvalue weighted by molar-refractivity contribution is 0.475. The number of nitrogens with zero attached hydrogens (tertiary/aromatic N) is 5. The van der Waals surface area contributed by atoms with Crippen LogP contribution in [0.3, 0.4) is 0 Å². The van der Waals surface area contributed by atoms with Crippen molar-refractivity contribution in [2.75, 3.05) is 23.7 Å². The van der Waals surface area contributed by atoms with Crippen molar-refractivity contribution in [3.8, 4) is 5.75 Å². The molecular weight excluding hydrogens is 514 g/mol. The highest BCUT2D eigenvalue weighted by Crippen LogP contribution is 2.25. The van der Waals surface area contributed by atoms with E-state index in [1.165, 1.54) is 16.7 Å². The summed E-state index contributed by atoms with van der Waals surface area (Å²) < 4.78 is 2.11. The van der Waals surface area contributed by atoms with Gasteiger partial charge in [0.25, 0.3) is 0 Å². The number of nitrogens with one attached hydrogen (secondary N) is 2. The van der Waals surface area contributed by atoms with Crippen molar-refractivity contribution in [2.45, 2.75) is 19.8 Å². The molecule has 0 unspecified atom stereocenters. The van der Waals surface area contributed by atoms with E-state index >= 15 is 0 Å². The van der Waals surface area contributed by atoms with Crippen molar-refractivity contribution >= 4 is 54.9 Å². The van der Waals surface area contributed by atoms with Crippen molar-refractivity contribution in [1.29, 1.82) is 0 Å². The molecule has 3 N–H and O–H groups in total. The maximum absolute atomic E-state index is 9.22. The summed E-state index contributed by atoms with van der Waals surface area (Å²) in [6.07, 6.45) is 5.00. The number of anilines is 2. The van der Waals surface area contributed by atoms with E-state index in [0.717, 1.165) is 58.1 Å². The summed E-state index contributed by atoms with van der Waals surface area (Å²) >= 11 is 3.21. The molecule has 0 saturated carbocycles. The molecule has 0 fully saturated rings. The first-order chi connectivity index (χ1) is 18.7. The van der Waals surface area contributed by atoms with Crippen LogP contribution in [-0.2, 0) is 12.8 Å². The lowest BCUT2D eigenvalue weighted by atomic mass is 10.1. The normalized spacial score (nSPS) is 10.8. The van der Waals surface area contributed by atoms with Gasteiger partial charge in [0, 0.05) is 13.1 Å². The maximum atomic E-state index is 9.22. The number of hydrogen-bond donors (Lipinski definition) is 3. The smallest absolute Gasteiger partial charge is 0.175 e. The number of aromatic hydroxyl groups is 1. The molecule has 0 aliphatic rings. The molecule has 0 aliphatic heterocycles. The lowest BCUT2D eigenvalue weighted by Gasteiger charge is -2.06. The van der Waals surface area contributed by atoms with Gasteiger partial charge in [-0.2, -0.15) is 0 Å². The Bertz CT molecular complexity index is 1480. The number of hydrogen-bond acceptors (Lipinski definition) is 10. The van der Waals surface area contributed by atoms with Gasteiger partial charge in [-0.05, 0) is 54.5 Å². The molecule has 8 nitrogen and oxygen atoms in total. The predicted molar refractivity (Wildman–Crippen MR) is 156 cm³/mol. The van der Waals surface area contributed by atoms with Crippen LogP contribution in [0.1, 0.15) is 16.7 Å². The Morgan fingerprint density at radius 3 is 2.03 bits per heavy atom. The molecule has 6 aromatic rings. The Balaban J connectivity index is 0.000000155. The van der Waals surface area contributed by atoms with Gasteiger partial charge >= 0.3 is 0 Å². The highest BCUT2D eigenvalue weighted by molar-refractivity contribution is 7.17. The molecule has 0 saturated heterocycles. The standard InChI is InChI=1S/C14H14N4S.C14H13N3OS/c1-10-2-4-11(5-3-10)6-7-15-13-12-14(17-8-16-13)18-9-19-12;18-11-3-1-10(2-4-11)5-7-15-14-13-12(6-8-19-13)16-9-17-14/h2-5,8-9H,6-7H2,1H3,(H,15,16,17);1-4,6,8-9,18H,5,7H2,(H,15,16,17). The van der Waals surface area contributed by atoms with Crippen LogP contribution < -0.4 is 10.6 Å². The molecule has 0 spiro atoms. The summed E-state index contributed by atoms with van der Waals surface area (Å²) in [6.45, 7) is 3.76. The summed E-state index contributed by atoms with van der Waals surface area (Å²) in [6, 6.07) is 17.9. The number of aryl methyl sites for hydroxylation is 1. The second kappa shape index (κ2) is 12.4. The van der Waals surface area contributed by atoms with Gasteiger partial charge in [-0.3, -0.25) is 0 Å². The molecule has 6 rings (SSSR count). The molecule has 2 aromatic carbocycles. The van der Waals surface area contributed by atoms with Gasteiger partial charge in [-0.1, -0.05) is 42.0 Å². The Morgan fingerprint density at radius 1 is 0.684 bits per heavy atom. The summed E-state index contributed by atoms with van der Waals surface area (Å²) in [7, 11) is 0. The van der Waals surface area contributed by atoms with Gasteiger partial charge in [-0.15, -0.1) is 22.7 Å². The number of rotatable bonds is 8. The molecule has 0 bridgehead atoms. The molecule has 0 atom stereocenters. The molecule has 192 valence electrons. The van der Waals surface area contributed by atoms with E-state index in [2.05, 4.69) is 66.7 Å². The van der Waals surface area contributed by atoms with Crippen LogP contribution >= 0.6 is 22.7 Å². The average molecular weight is 542 g/mol. The summed E-state index contributed by atoms with van der Waals surface area (Å²) in [5.41, 5.74) is 7.34. The van der Waals surface area contributed by atoms with Gasteiger partial charge in [0.15, 0.2) is 5.65 Å². The van der Waals surface area contributed by atoms with Crippen LogP contribution in [0.4, 0.5) is 11.6 Å². The zero-order valence-electron chi connectivity index (χ0n) is 20.8. The molecular formula is C28H27N7OS2. The van der Waals surface area contributed by atoms with Crippen LogP contribution in [-0.4, -0.2) is 43.1 Å². The third-order valence-electron chi connectivity index (χ3n) is 5.84. The minimum Gasteiger partial charge on any atom is -0.508 e. The van der Waals surface area contributed by atoms with E-state index in [0.29, 0.717) is 5.75 Å². The fourth-order valence-electron chi connectivity index (χ4n) is 3.80. The van der Waals surface area contributed by atoms with E-state index in [4.69, 9.17) is 0 Å². The van der Waals surface area contributed by atoms with E-state index in [1.807, 2.05) is 23.6 Å². The first-order valence-electron chi connectivity index (χ1n) is 12.2. The Hall–Kier alpha value is -4.15. The fraction of sp³-hybridized carbons (Fsp3) is 0.179. The number of fused-ring (bicyclic) bond motifs is 2. The fourth-order valence-corrected chi connectivity index (χ4v) is 5.32. The van der Waals surface area contributed by atoms with Crippen molar-refractivity contribution in [3.05, 3.63) is 94.8 Å². The van der Waals surface area contributed by atoms with Crippen LogP contribution in [0.2, 0.25) is 0 Å². The number of aromatic nitrogens is 5. The Labute approximate surface area is 228 Å².